The van der Waals surface area contributed by atoms with Crippen molar-refractivity contribution in [3.63, 3.8) is 0 Å². The summed E-state index contributed by atoms with van der Waals surface area (Å²) < 4.78 is 24.0. The van der Waals surface area contributed by atoms with Gasteiger partial charge in [0.05, 0.1) is 17.3 Å². The van der Waals surface area contributed by atoms with E-state index < -0.39 is 6.10 Å². The molecule has 0 aliphatic carbocycles. The number of benzene rings is 1. The zero-order valence-electron chi connectivity index (χ0n) is 10.7. The van der Waals surface area contributed by atoms with Crippen molar-refractivity contribution >= 4 is 21.8 Å². The van der Waals surface area contributed by atoms with Crippen molar-refractivity contribution in [2.24, 2.45) is 0 Å². The topological polar surface area (TPSA) is 51.5 Å². The minimum Gasteiger partial charge on any atom is -0.480 e. The van der Waals surface area contributed by atoms with E-state index >= 15 is 0 Å². The fraction of sp³-hybridized carbons (Fsp3) is 0.214. The van der Waals surface area contributed by atoms with Gasteiger partial charge in [0.2, 0.25) is 0 Å². The van der Waals surface area contributed by atoms with Crippen LogP contribution in [0.5, 0.6) is 5.75 Å². The minimum atomic E-state index is -0.702. The number of furan rings is 1. The Bertz CT molecular complexity index is 586. The van der Waals surface area contributed by atoms with Gasteiger partial charge >= 0.3 is 0 Å². The smallest absolute Gasteiger partial charge is 0.261 e. The molecule has 1 unspecified atom stereocenters. The second-order valence-electron chi connectivity index (χ2n) is 4.13. The van der Waals surface area contributed by atoms with E-state index in [1.807, 2.05) is 0 Å². The zero-order valence-corrected chi connectivity index (χ0v) is 12.3. The lowest BCUT2D eigenvalue weighted by molar-refractivity contribution is -0.127. The van der Waals surface area contributed by atoms with E-state index in [1.165, 1.54) is 24.5 Å². The van der Waals surface area contributed by atoms with Crippen molar-refractivity contribution < 1.29 is 18.3 Å². The third kappa shape index (κ3) is 3.84. The second-order valence-corrected chi connectivity index (χ2v) is 4.99. The van der Waals surface area contributed by atoms with Crippen LogP contribution in [0.1, 0.15) is 12.7 Å². The third-order valence-electron chi connectivity index (χ3n) is 2.58. The van der Waals surface area contributed by atoms with Gasteiger partial charge in [0.15, 0.2) is 6.10 Å². The van der Waals surface area contributed by atoms with E-state index in [0.717, 1.165) is 0 Å². The van der Waals surface area contributed by atoms with Crippen LogP contribution in [0.25, 0.3) is 0 Å². The summed E-state index contributed by atoms with van der Waals surface area (Å²) in [5.74, 6) is 0.414. The standard InChI is InChI=1S/C14H13BrFNO3/c1-9(14(18)17-8-11-3-2-6-19-11)20-13-5-4-10(16)7-12(13)15/h2-7,9H,8H2,1H3,(H,17,18). The van der Waals surface area contributed by atoms with Crippen LogP contribution in [0.4, 0.5) is 4.39 Å². The van der Waals surface area contributed by atoms with Crippen LogP contribution in [-0.2, 0) is 11.3 Å². The summed E-state index contributed by atoms with van der Waals surface area (Å²) in [5.41, 5.74) is 0. The Morgan fingerprint density at radius 2 is 2.30 bits per heavy atom. The lowest BCUT2D eigenvalue weighted by atomic mass is 10.3. The molecule has 6 heteroatoms. The molecule has 0 aliphatic rings. The van der Waals surface area contributed by atoms with E-state index in [0.29, 0.717) is 22.5 Å². The van der Waals surface area contributed by atoms with Crippen LogP contribution in [0.15, 0.2) is 45.5 Å². The first kappa shape index (κ1) is 14.6. The van der Waals surface area contributed by atoms with Gasteiger partial charge in [-0.25, -0.2) is 4.39 Å². The number of carbonyl (C=O) groups is 1. The Hall–Kier alpha value is -1.82. The van der Waals surface area contributed by atoms with E-state index in [-0.39, 0.29) is 11.7 Å². The van der Waals surface area contributed by atoms with Gasteiger partial charge in [-0.05, 0) is 53.2 Å². The molecule has 0 bridgehead atoms. The summed E-state index contributed by atoms with van der Waals surface area (Å²) in [6.45, 7) is 1.91. The average Bonchev–Trinajstić information content (AvgIpc) is 2.92. The van der Waals surface area contributed by atoms with E-state index in [4.69, 9.17) is 9.15 Å². The van der Waals surface area contributed by atoms with Crippen molar-refractivity contribution in [3.05, 3.63) is 52.6 Å². The number of carbonyl (C=O) groups excluding carboxylic acids is 1. The average molecular weight is 342 g/mol. The van der Waals surface area contributed by atoms with Crippen LogP contribution in [0.3, 0.4) is 0 Å². The molecule has 0 aliphatic heterocycles. The maximum absolute atomic E-state index is 12.9. The van der Waals surface area contributed by atoms with Gasteiger partial charge in [0.1, 0.15) is 17.3 Å². The highest BCUT2D eigenvalue weighted by atomic mass is 79.9. The summed E-state index contributed by atoms with van der Waals surface area (Å²) in [6.07, 6.45) is 0.837. The summed E-state index contributed by atoms with van der Waals surface area (Å²) >= 11 is 3.18. The van der Waals surface area contributed by atoms with Gasteiger partial charge in [0, 0.05) is 0 Å². The van der Waals surface area contributed by atoms with Crippen molar-refractivity contribution in [3.8, 4) is 5.75 Å². The van der Waals surface area contributed by atoms with E-state index in [2.05, 4.69) is 21.2 Å². The highest BCUT2D eigenvalue weighted by molar-refractivity contribution is 9.10. The summed E-state index contributed by atoms with van der Waals surface area (Å²) in [6, 6.07) is 7.53. The number of halogens is 2. The molecule has 1 N–H and O–H groups in total. The molecule has 1 heterocycles. The summed E-state index contributed by atoms with van der Waals surface area (Å²) in [5, 5.41) is 2.69. The zero-order chi connectivity index (χ0) is 14.5. The Morgan fingerprint density at radius 3 is 2.95 bits per heavy atom. The fourth-order valence-electron chi connectivity index (χ4n) is 1.55. The van der Waals surface area contributed by atoms with Gasteiger partial charge in [0.25, 0.3) is 5.91 Å². The van der Waals surface area contributed by atoms with Gasteiger partial charge in [-0.15, -0.1) is 0 Å². The number of hydrogen-bond acceptors (Lipinski definition) is 3. The molecule has 1 atom stereocenters. The molecule has 4 nitrogen and oxygen atoms in total. The molecule has 1 aromatic heterocycles. The molecule has 2 rings (SSSR count). The predicted molar refractivity (Wildman–Crippen MR) is 74.7 cm³/mol. The summed E-state index contributed by atoms with van der Waals surface area (Å²) in [7, 11) is 0. The normalized spacial score (nSPS) is 11.9. The minimum absolute atomic E-state index is 0.280. The van der Waals surface area contributed by atoms with Crippen LogP contribution in [-0.4, -0.2) is 12.0 Å². The van der Waals surface area contributed by atoms with Gasteiger partial charge in [-0.2, -0.15) is 0 Å². The van der Waals surface area contributed by atoms with E-state index in [1.54, 1.807) is 19.1 Å². The van der Waals surface area contributed by atoms with Crippen LogP contribution >= 0.6 is 15.9 Å². The van der Waals surface area contributed by atoms with Crippen LogP contribution in [0.2, 0.25) is 0 Å². The lowest BCUT2D eigenvalue weighted by Crippen LogP contribution is -2.35. The van der Waals surface area contributed by atoms with Crippen molar-refractivity contribution in [1.29, 1.82) is 0 Å². The first-order valence-corrected chi connectivity index (χ1v) is 6.77. The quantitative estimate of drug-likeness (QED) is 0.907. The molecular formula is C14H13BrFNO3. The maximum atomic E-state index is 12.9. The molecule has 20 heavy (non-hydrogen) atoms. The van der Waals surface area contributed by atoms with Crippen LogP contribution < -0.4 is 10.1 Å². The Labute approximate surface area is 124 Å². The molecule has 0 fully saturated rings. The number of nitrogens with one attached hydrogen (secondary N) is 1. The summed E-state index contributed by atoms with van der Waals surface area (Å²) in [4.78, 5) is 11.9. The predicted octanol–water partition coefficient (Wildman–Crippen LogP) is 3.26. The van der Waals surface area contributed by atoms with Gasteiger partial charge in [-0.3, -0.25) is 4.79 Å². The van der Waals surface area contributed by atoms with Crippen molar-refractivity contribution in [1.82, 2.24) is 5.32 Å². The lowest BCUT2D eigenvalue weighted by Gasteiger charge is -2.15. The molecular weight excluding hydrogens is 329 g/mol. The number of amides is 1. The number of hydrogen-bond donors (Lipinski definition) is 1. The molecule has 0 radical (unpaired) electrons. The Kier molecular flexibility index (Phi) is 4.79. The fourth-order valence-corrected chi connectivity index (χ4v) is 1.99. The molecule has 0 saturated carbocycles. The van der Waals surface area contributed by atoms with E-state index in [9.17, 15) is 9.18 Å². The van der Waals surface area contributed by atoms with Gasteiger partial charge < -0.3 is 14.5 Å². The highest BCUT2D eigenvalue weighted by Crippen LogP contribution is 2.26. The molecule has 1 amide bonds. The second kappa shape index (κ2) is 6.56. The monoisotopic (exact) mass is 341 g/mol. The first-order valence-electron chi connectivity index (χ1n) is 5.98. The van der Waals surface area contributed by atoms with Crippen molar-refractivity contribution in [2.75, 3.05) is 0 Å². The van der Waals surface area contributed by atoms with Crippen molar-refractivity contribution in [2.45, 2.75) is 19.6 Å². The number of rotatable bonds is 5. The Morgan fingerprint density at radius 1 is 1.50 bits per heavy atom. The number of ether oxygens (including phenoxy) is 1. The molecule has 2 aromatic rings. The molecule has 0 spiro atoms. The highest BCUT2D eigenvalue weighted by Gasteiger charge is 2.16. The third-order valence-corrected chi connectivity index (χ3v) is 3.20. The van der Waals surface area contributed by atoms with Crippen LogP contribution in [0, 0.1) is 5.82 Å². The molecule has 1 aromatic carbocycles. The van der Waals surface area contributed by atoms with Gasteiger partial charge in [-0.1, -0.05) is 0 Å². The SMILES string of the molecule is CC(Oc1ccc(F)cc1Br)C(=O)NCc1ccco1. The largest absolute Gasteiger partial charge is 0.480 e. The first-order chi connectivity index (χ1) is 9.56. The maximum Gasteiger partial charge on any atom is 0.261 e. The Balaban J connectivity index is 1.90. The molecule has 0 saturated heterocycles. The molecule has 106 valence electrons.